The lowest BCUT2D eigenvalue weighted by Crippen LogP contribution is -2.38. The molecule has 2 aromatic heterocycles. The van der Waals surface area contributed by atoms with E-state index < -0.39 is 10.0 Å². The first kappa shape index (κ1) is 18.0. The molecule has 1 fully saturated rings. The van der Waals surface area contributed by atoms with Gasteiger partial charge in [0.2, 0.25) is 10.0 Å². The fourth-order valence-electron chi connectivity index (χ4n) is 3.29. The van der Waals surface area contributed by atoms with Gasteiger partial charge in [0.25, 0.3) is 0 Å². The third-order valence-electron chi connectivity index (χ3n) is 4.47. The number of aromatic nitrogens is 3. The largest absolute Gasteiger partial charge is 0.356 e. The van der Waals surface area contributed by atoms with E-state index in [0.29, 0.717) is 5.92 Å². The fourth-order valence-corrected chi connectivity index (χ4v) is 4.30. The second kappa shape index (κ2) is 7.02. The Hall–Kier alpha value is -1.38. The van der Waals surface area contributed by atoms with Crippen LogP contribution >= 0.6 is 12.4 Å². The maximum absolute atomic E-state index is 11.2. The second-order valence-electron chi connectivity index (χ2n) is 6.07. The molecule has 1 saturated heterocycles. The molecule has 3 heterocycles. The molecule has 23 heavy (non-hydrogen) atoms. The third-order valence-corrected chi connectivity index (χ3v) is 5.46. The summed E-state index contributed by atoms with van der Waals surface area (Å²) in [4.78, 5) is 14.0. The summed E-state index contributed by atoms with van der Waals surface area (Å²) in [5.74, 6) is 1.49. The number of sulfonamides is 1. The molecule has 3 N–H and O–H groups in total. The minimum Gasteiger partial charge on any atom is -0.356 e. The smallest absolute Gasteiger partial charge is 0.209 e. The Morgan fingerprint density at radius 1 is 1.39 bits per heavy atom. The van der Waals surface area contributed by atoms with E-state index in [2.05, 4.69) is 19.9 Å². The molecule has 0 bridgehead atoms. The van der Waals surface area contributed by atoms with Crippen molar-refractivity contribution in [3.05, 3.63) is 18.6 Å². The average molecular weight is 360 g/mol. The molecule has 1 unspecified atom stereocenters. The second-order valence-corrected chi connectivity index (χ2v) is 7.73. The zero-order valence-corrected chi connectivity index (χ0v) is 14.6. The van der Waals surface area contributed by atoms with Crippen molar-refractivity contribution in [2.45, 2.75) is 19.8 Å². The van der Waals surface area contributed by atoms with Crippen molar-refractivity contribution in [1.82, 2.24) is 15.0 Å². The van der Waals surface area contributed by atoms with Crippen LogP contribution in [-0.4, -0.2) is 42.2 Å². The van der Waals surface area contributed by atoms with Crippen molar-refractivity contribution >= 4 is 39.3 Å². The molecule has 3 rings (SSSR count). The number of aromatic amines is 1. The lowest BCUT2D eigenvalue weighted by Gasteiger charge is -2.35. The molecule has 9 heteroatoms. The minimum absolute atomic E-state index is 0. The van der Waals surface area contributed by atoms with Crippen molar-refractivity contribution in [2.24, 2.45) is 17.0 Å². The molecule has 128 valence electrons. The Bertz CT molecular complexity index is 755. The Kier molecular flexibility index (Phi) is 5.49. The number of rotatable bonds is 4. The van der Waals surface area contributed by atoms with Crippen molar-refractivity contribution in [3.63, 3.8) is 0 Å². The normalized spacial score (nSPS) is 17.9. The SMILES string of the molecule is CC(CS(N)(=O)=O)C1CCN(c2ncnc3[nH]ccc23)CC1.Cl. The van der Waals surface area contributed by atoms with Gasteiger partial charge in [0.1, 0.15) is 17.8 Å². The van der Waals surface area contributed by atoms with Crippen molar-refractivity contribution in [3.8, 4) is 0 Å². The molecule has 0 amide bonds. The third kappa shape index (κ3) is 4.13. The van der Waals surface area contributed by atoms with Crippen LogP contribution in [0.25, 0.3) is 11.0 Å². The van der Waals surface area contributed by atoms with E-state index in [1.165, 1.54) is 0 Å². The molecule has 0 saturated carbocycles. The number of halogens is 1. The van der Waals surface area contributed by atoms with Gasteiger partial charge in [-0.25, -0.2) is 23.5 Å². The molecular weight excluding hydrogens is 338 g/mol. The molecule has 1 atom stereocenters. The standard InChI is InChI=1S/C14H21N5O2S.ClH/c1-10(8-22(15,20)21)11-3-6-19(7-4-11)14-12-2-5-16-13(12)17-9-18-14;/h2,5,9-11H,3-4,6-8H2,1H3,(H2,15,20,21)(H,16,17,18);1H. The lowest BCUT2D eigenvalue weighted by atomic mass is 9.86. The number of H-pyrrole nitrogens is 1. The van der Waals surface area contributed by atoms with E-state index >= 15 is 0 Å². The van der Waals surface area contributed by atoms with E-state index in [1.54, 1.807) is 6.33 Å². The van der Waals surface area contributed by atoms with Crippen LogP contribution in [0.4, 0.5) is 5.82 Å². The lowest BCUT2D eigenvalue weighted by molar-refractivity contribution is 0.312. The van der Waals surface area contributed by atoms with Gasteiger partial charge in [0.05, 0.1) is 11.1 Å². The van der Waals surface area contributed by atoms with Crippen LogP contribution in [0.3, 0.4) is 0 Å². The van der Waals surface area contributed by atoms with E-state index in [9.17, 15) is 8.42 Å². The predicted molar refractivity (Wildman–Crippen MR) is 93.2 cm³/mol. The van der Waals surface area contributed by atoms with Gasteiger partial charge in [0, 0.05) is 19.3 Å². The van der Waals surface area contributed by atoms with Crippen LogP contribution in [-0.2, 0) is 10.0 Å². The number of nitrogens with zero attached hydrogens (tertiary/aromatic N) is 3. The van der Waals surface area contributed by atoms with E-state index in [1.807, 2.05) is 19.2 Å². The molecule has 0 aliphatic carbocycles. The highest BCUT2D eigenvalue weighted by molar-refractivity contribution is 7.89. The summed E-state index contributed by atoms with van der Waals surface area (Å²) in [5.41, 5.74) is 0.842. The highest BCUT2D eigenvalue weighted by atomic mass is 35.5. The summed E-state index contributed by atoms with van der Waals surface area (Å²) >= 11 is 0. The number of nitrogens with one attached hydrogen (secondary N) is 1. The maximum atomic E-state index is 11.2. The zero-order chi connectivity index (χ0) is 15.7. The Morgan fingerprint density at radius 2 is 2.09 bits per heavy atom. The van der Waals surface area contributed by atoms with Crippen molar-refractivity contribution in [1.29, 1.82) is 0 Å². The minimum atomic E-state index is -3.40. The summed E-state index contributed by atoms with van der Waals surface area (Å²) in [6.45, 7) is 3.72. The number of fused-ring (bicyclic) bond motifs is 1. The van der Waals surface area contributed by atoms with Crippen molar-refractivity contribution in [2.75, 3.05) is 23.7 Å². The predicted octanol–water partition coefficient (Wildman–Crippen LogP) is 1.52. The monoisotopic (exact) mass is 359 g/mol. The molecule has 1 aliphatic rings. The summed E-state index contributed by atoms with van der Waals surface area (Å²) in [7, 11) is -3.40. The first-order chi connectivity index (χ1) is 10.4. The van der Waals surface area contributed by atoms with Gasteiger partial charge < -0.3 is 9.88 Å². The fraction of sp³-hybridized carbons (Fsp3) is 0.571. The Morgan fingerprint density at radius 3 is 2.74 bits per heavy atom. The van der Waals surface area contributed by atoms with Gasteiger partial charge in [-0.2, -0.15) is 0 Å². The van der Waals surface area contributed by atoms with Gasteiger partial charge in [0.15, 0.2) is 0 Å². The van der Waals surface area contributed by atoms with E-state index in [4.69, 9.17) is 5.14 Å². The van der Waals surface area contributed by atoms with E-state index in [-0.39, 0.29) is 24.1 Å². The van der Waals surface area contributed by atoms with Crippen LogP contribution < -0.4 is 10.0 Å². The summed E-state index contributed by atoms with van der Waals surface area (Å²) in [5, 5.41) is 6.18. The van der Waals surface area contributed by atoms with Crippen LogP contribution in [0.1, 0.15) is 19.8 Å². The van der Waals surface area contributed by atoms with Crippen LogP contribution in [0.2, 0.25) is 0 Å². The molecule has 2 aromatic rings. The highest BCUT2D eigenvalue weighted by Gasteiger charge is 2.27. The summed E-state index contributed by atoms with van der Waals surface area (Å²) in [6.07, 6.45) is 5.34. The molecule has 0 radical (unpaired) electrons. The number of hydrogen-bond donors (Lipinski definition) is 2. The first-order valence-corrected chi connectivity index (χ1v) is 9.19. The zero-order valence-electron chi connectivity index (χ0n) is 13.0. The number of nitrogens with two attached hydrogens (primary N) is 1. The molecule has 1 aliphatic heterocycles. The van der Waals surface area contributed by atoms with E-state index in [0.717, 1.165) is 42.8 Å². The number of primary sulfonamides is 1. The molecule has 0 aromatic carbocycles. The number of anilines is 1. The molecule has 7 nitrogen and oxygen atoms in total. The summed E-state index contributed by atoms with van der Waals surface area (Å²) < 4.78 is 22.5. The van der Waals surface area contributed by atoms with Gasteiger partial charge >= 0.3 is 0 Å². The number of hydrogen-bond acceptors (Lipinski definition) is 5. The first-order valence-electron chi connectivity index (χ1n) is 7.47. The maximum Gasteiger partial charge on any atom is 0.209 e. The highest BCUT2D eigenvalue weighted by Crippen LogP contribution is 2.30. The van der Waals surface area contributed by atoms with Gasteiger partial charge in [-0.05, 0) is 30.7 Å². The van der Waals surface area contributed by atoms with Crippen LogP contribution in [0.5, 0.6) is 0 Å². The van der Waals surface area contributed by atoms with Crippen molar-refractivity contribution < 1.29 is 8.42 Å². The van der Waals surface area contributed by atoms with Crippen LogP contribution in [0.15, 0.2) is 18.6 Å². The average Bonchev–Trinajstić information content (AvgIpc) is 2.94. The van der Waals surface area contributed by atoms with Gasteiger partial charge in [-0.15, -0.1) is 12.4 Å². The Balaban J connectivity index is 0.00000192. The van der Waals surface area contributed by atoms with Gasteiger partial charge in [-0.1, -0.05) is 6.92 Å². The quantitative estimate of drug-likeness (QED) is 0.861. The van der Waals surface area contributed by atoms with Gasteiger partial charge in [-0.3, -0.25) is 0 Å². The number of piperidine rings is 1. The topological polar surface area (TPSA) is 105 Å². The molecule has 0 spiro atoms. The van der Waals surface area contributed by atoms with Crippen LogP contribution in [0, 0.1) is 11.8 Å². The molecular formula is C14H22ClN5O2S. The summed E-state index contributed by atoms with van der Waals surface area (Å²) in [6, 6.07) is 1.99. The Labute approximate surface area is 142 Å².